The van der Waals surface area contributed by atoms with Crippen molar-refractivity contribution in [3.8, 4) is 0 Å². The summed E-state index contributed by atoms with van der Waals surface area (Å²) in [5, 5.41) is 12.2. The normalized spacial score (nSPS) is 22.2. The van der Waals surface area contributed by atoms with Crippen molar-refractivity contribution in [3.63, 3.8) is 0 Å². The van der Waals surface area contributed by atoms with Crippen LogP contribution in [0.2, 0.25) is 18.6 Å². The Morgan fingerprint density at radius 1 is 0.909 bits per heavy atom. The van der Waals surface area contributed by atoms with E-state index in [-0.39, 0.29) is 6.10 Å². The standard InChI is InChI=1S/C20H24OSi/c1-22(2,18-11-7-4-8-12-18)20-14-13-17(15-19(20)21)16-9-5-3-6-10-16/h3-13,19-21H,14-15H2,1-2H3/t19-,20-/m0/s1. The average Bonchev–Trinajstić information content (AvgIpc) is 2.56. The van der Waals surface area contributed by atoms with Crippen LogP contribution >= 0.6 is 0 Å². The molecule has 1 nitrogen and oxygen atoms in total. The minimum atomic E-state index is -1.67. The highest BCUT2D eigenvalue weighted by Crippen LogP contribution is 2.39. The first kappa shape index (κ1) is 15.3. The number of aliphatic hydroxyl groups excluding tert-OH is 1. The summed E-state index contributed by atoms with van der Waals surface area (Å²) in [6.07, 6.45) is 3.88. The van der Waals surface area contributed by atoms with Crippen molar-refractivity contribution < 1.29 is 5.11 Å². The number of hydrogen-bond acceptors (Lipinski definition) is 1. The van der Waals surface area contributed by atoms with E-state index >= 15 is 0 Å². The molecule has 0 amide bonds. The minimum Gasteiger partial charge on any atom is -0.393 e. The summed E-state index contributed by atoms with van der Waals surface area (Å²) in [7, 11) is -1.67. The molecule has 2 heteroatoms. The minimum absolute atomic E-state index is 0.234. The van der Waals surface area contributed by atoms with Crippen LogP contribution in [0.3, 0.4) is 0 Å². The molecule has 1 aliphatic rings. The fourth-order valence-corrected chi connectivity index (χ4v) is 6.89. The Kier molecular flexibility index (Phi) is 4.32. The van der Waals surface area contributed by atoms with Crippen molar-refractivity contribution in [2.45, 2.75) is 37.6 Å². The molecule has 0 saturated carbocycles. The quantitative estimate of drug-likeness (QED) is 0.842. The van der Waals surface area contributed by atoms with Crippen molar-refractivity contribution in [1.29, 1.82) is 0 Å². The summed E-state index contributed by atoms with van der Waals surface area (Å²) in [5.41, 5.74) is 2.93. The Balaban J connectivity index is 1.85. The second-order valence-corrected chi connectivity index (χ2v) is 11.6. The maximum atomic E-state index is 10.8. The van der Waals surface area contributed by atoms with E-state index in [1.807, 2.05) is 6.07 Å². The van der Waals surface area contributed by atoms with Gasteiger partial charge in [-0.2, -0.15) is 0 Å². The second kappa shape index (κ2) is 6.23. The Labute approximate surface area is 134 Å². The Hall–Kier alpha value is -1.64. The van der Waals surface area contributed by atoms with Crippen molar-refractivity contribution in [1.82, 2.24) is 0 Å². The maximum absolute atomic E-state index is 10.8. The Morgan fingerprint density at radius 3 is 2.09 bits per heavy atom. The fourth-order valence-electron chi connectivity index (χ4n) is 3.62. The zero-order valence-electron chi connectivity index (χ0n) is 13.4. The molecule has 0 saturated heterocycles. The van der Waals surface area contributed by atoms with Gasteiger partial charge in [-0.1, -0.05) is 85.0 Å². The van der Waals surface area contributed by atoms with Crippen LogP contribution in [0.25, 0.3) is 5.57 Å². The van der Waals surface area contributed by atoms with Crippen LogP contribution in [0, 0.1) is 0 Å². The molecular weight excluding hydrogens is 284 g/mol. The number of benzene rings is 2. The van der Waals surface area contributed by atoms with Crippen LogP contribution in [0.4, 0.5) is 0 Å². The molecule has 2 aromatic carbocycles. The first-order chi connectivity index (χ1) is 10.6. The molecule has 22 heavy (non-hydrogen) atoms. The van der Waals surface area contributed by atoms with Gasteiger partial charge >= 0.3 is 0 Å². The van der Waals surface area contributed by atoms with Crippen LogP contribution in [0.1, 0.15) is 18.4 Å². The molecule has 114 valence electrons. The van der Waals surface area contributed by atoms with Crippen molar-refractivity contribution >= 4 is 18.8 Å². The molecule has 0 unspecified atom stereocenters. The third kappa shape index (κ3) is 2.94. The van der Waals surface area contributed by atoms with Crippen molar-refractivity contribution in [2.24, 2.45) is 0 Å². The summed E-state index contributed by atoms with van der Waals surface area (Å²) in [6, 6.07) is 21.2. The number of allylic oxidation sites excluding steroid dienone is 1. The number of aliphatic hydroxyl groups is 1. The maximum Gasteiger partial charge on any atom is 0.0865 e. The number of rotatable bonds is 3. The lowest BCUT2D eigenvalue weighted by Gasteiger charge is -2.38. The topological polar surface area (TPSA) is 20.2 Å². The van der Waals surface area contributed by atoms with E-state index in [2.05, 4.69) is 73.8 Å². The third-order valence-corrected chi connectivity index (χ3v) is 9.40. The molecule has 0 fully saturated rings. The predicted octanol–water partition coefficient (Wildman–Crippen LogP) is 4.21. The van der Waals surface area contributed by atoms with E-state index in [9.17, 15) is 5.11 Å². The SMILES string of the molecule is C[Si](C)(c1ccccc1)[C@H]1CC=C(c2ccccc2)C[C@@H]1O. The molecule has 0 spiro atoms. The van der Waals surface area contributed by atoms with Gasteiger partial charge in [-0.05, 0) is 29.5 Å². The molecule has 0 bridgehead atoms. The summed E-state index contributed by atoms with van der Waals surface area (Å²) >= 11 is 0. The van der Waals surface area contributed by atoms with Gasteiger partial charge < -0.3 is 5.11 Å². The van der Waals surface area contributed by atoms with Gasteiger partial charge in [0.25, 0.3) is 0 Å². The van der Waals surface area contributed by atoms with E-state index in [1.54, 1.807) is 0 Å². The van der Waals surface area contributed by atoms with E-state index in [1.165, 1.54) is 16.3 Å². The first-order valence-corrected chi connectivity index (χ1v) is 11.1. The summed E-state index contributed by atoms with van der Waals surface area (Å²) < 4.78 is 0. The fraction of sp³-hybridized carbons (Fsp3) is 0.300. The monoisotopic (exact) mass is 308 g/mol. The van der Waals surface area contributed by atoms with Gasteiger partial charge in [-0.3, -0.25) is 0 Å². The van der Waals surface area contributed by atoms with E-state index < -0.39 is 8.07 Å². The number of hydrogen-bond donors (Lipinski definition) is 1. The molecule has 0 aromatic heterocycles. The largest absolute Gasteiger partial charge is 0.393 e. The van der Waals surface area contributed by atoms with Crippen LogP contribution in [-0.4, -0.2) is 19.3 Å². The highest BCUT2D eigenvalue weighted by molar-refractivity contribution is 6.91. The lowest BCUT2D eigenvalue weighted by Crippen LogP contribution is -2.50. The van der Waals surface area contributed by atoms with Crippen LogP contribution < -0.4 is 5.19 Å². The summed E-state index contributed by atoms with van der Waals surface area (Å²) in [5.74, 6) is 0. The van der Waals surface area contributed by atoms with Gasteiger partial charge in [0.15, 0.2) is 0 Å². The molecule has 0 aliphatic heterocycles. The van der Waals surface area contributed by atoms with Gasteiger partial charge in [0.2, 0.25) is 0 Å². The molecule has 2 atom stereocenters. The smallest absolute Gasteiger partial charge is 0.0865 e. The predicted molar refractivity (Wildman–Crippen MR) is 97.0 cm³/mol. The van der Waals surface area contributed by atoms with Gasteiger partial charge in [-0.25, -0.2) is 0 Å². The molecule has 1 aliphatic carbocycles. The first-order valence-electron chi connectivity index (χ1n) is 8.07. The third-order valence-electron chi connectivity index (χ3n) is 5.10. The molecule has 3 rings (SSSR count). The lowest BCUT2D eigenvalue weighted by atomic mass is 9.91. The highest BCUT2D eigenvalue weighted by atomic mass is 28.3. The van der Waals surface area contributed by atoms with Gasteiger partial charge in [-0.15, -0.1) is 0 Å². The van der Waals surface area contributed by atoms with Crippen molar-refractivity contribution in [2.75, 3.05) is 0 Å². The van der Waals surface area contributed by atoms with E-state index in [0.717, 1.165) is 12.8 Å². The molecule has 2 aromatic rings. The Bertz CT molecular complexity index is 646. The molecule has 0 heterocycles. The van der Waals surface area contributed by atoms with Gasteiger partial charge in [0.1, 0.15) is 0 Å². The lowest BCUT2D eigenvalue weighted by molar-refractivity contribution is 0.165. The van der Waals surface area contributed by atoms with Gasteiger partial charge in [0, 0.05) is 0 Å². The van der Waals surface area contributed by atoms with Crippen LogP contribution in [-0.2, 0) is 0 Å². The average molecular weight is 308 g/mol. The van der Waals surface area contributed by atoms with E-state index in [0.29, 0.717) is 5.54 Å². The zero-order valence-corrected chi connectivity index (χ0v) is 14.4. The molecule has 0 radical (unpaired) electrons. The van der Waals surface area contributed by atoms with Crippen LogP contribution in [0.5, 0.6) is 0 Å². The zero-order chi connectivity index (χ0) is 15.6. The Morgan fingerprint density at radius 2 is 1.50 bits per heavy atom. The van der Waals surface area contributed by atoms with Crippen molar-refractivity contribution in [3.05, 3.63) is 72.3 Å². The molecule has 1 N–H and O–H groups in total. The van der Waals surface area contributed by atoms with Crippen LogP contribution in [0.15, 0.2) is 66.7 Å². The second-order valence-electron chi connectivity index (χ2n) is 6.80. The van der Waals surface area contributed by atoms with Gasteiger partial charge in [0.05, 0.1) is 14.2 Å². The summed E-state index contributed by atoms with van der Waals surface area (Å²) in [4.78, 5) is 0. The highest BCUT2D eigenvalue weighted by Gasteiger charge is 2.39. The van der Waals surface area contributed by atoms with E-state index in [4.69, 9.17) is 0 Å². The summed E-state index contributed by atoms with van der Waals surface area (Å²) in [6.45, 7) is 4.77. The molecular formula is C20H24OSi.